The van der Waals surface area contributed by atoms with Crippen LogP contribution in [0.25, 0.3) is 0 Å². The number of halogens is 1. The fraction of sp³-hybridized carbons (Fsp3) is 0.600. The molecule has 160 valence electrons. The summed E-state index contributed by atoms with van der Waals surface area (Å²) >= 11 is 1.78. The summed E-state index contributed by atoms with van der Waals surface area (Å²) in [6, 6.07) is 10.9. The number of nitrogens with one attached hydrogen (secondary N) is 2. The van der Waals surface area contributed by atoms with E-state index in [1.165, 1.54) is 5.56 Å². The molecule has 1 unspecified atom stereocenters. The van der Waals surface area contributed by atoms with Gasteiger partial charge in [0.05, 0.1) is 0 Å². The monoisotopic (exact) mass is 521 g/mol. The number of nitrogens with zero attached hydrogens (tertiary/aromatic N) is 3. The summed E-state index contributed by atoms with van der Waals surface area (Å²) in [4.78, 5) is 20.1. The van der Waals surface area contributed by atoms with E-state index in [1.807, 2.05) is 6.07 Å². The van der Waals surface area contributed by atoms with E-state index >= 15 is 0 Å². The van der Waals surface area contributed by atoms with Crippen molar-refractivity contribution < 1.29 is 4.79 Å². The number of aliphatic imine (C=N–C) groups is 1. The number of amides is 1. The number of hydrogen-bond acceptors (Lipinski definition) is 4. The molecule has 0 bridgehead atoms. The van der Waals surface area contributed by atoms with E-state index in [4.69, 9.17) is 0 Å². The topological polar surface area (TPSA) is 60.0 Å². The van der Waals surface area contributed by atoms with Gasteiger partial charge in [0.2, 0.25) is 5.91 Å². The second-order valence-corrected chi connectivity index (χ2v) is 7.82. The van der Waals surface area contributed by atoms with Gasteiger partial charge in [-0.25, -0.2) is 4.99 Å². The van der Waals surface area contributed by atoms with E-state index < -0.39 is 0 Å². The third kappa shape index (κ3) is 11.8. The molecule has 6 nitrogen and oxygen atoms in total. The zero-order valence-corrected chi connectivity index (χ0v) is 20.9. The van der Waals surface area contributed by atoms with Crippen molar-refractivity contribution in [1.82, 2.24) is 20.4 Å². The SMILES string of the molecule is CSCCNC(=NCC(=O)N(C)C)NCCC(C)N(C)Cc1ccccc1.I. The number of hydrogen-bond donors (Lipinski definition) is 2. The Balaban J connectivity index is 0.00000729. The van der Waals surface area contributed by atoms with Gasteiger partial charge in [0.1, 0.15) is 6.54 Å². The minimum absolute atomic E-state index is 0. The first-order valence-corrected chi connectivity index (χ1v) is 10.8. The van der Waals surface area contributed by atoms with E-state index in [1.54, 1.807) is 30.8 Å². The van der Waals surface area contributed by atoms with Crippen LogP contribution in [0.5, 0.6) is 0 Å². The Bertz CT molecular complexity index is 571. The highest BCUT2D eigenvalue weighted by molar-refractivity contribution is 14.0. The third-order valence-electron chi connectivity index (χ3n) is 4.35. The fourth-order valence-corrected chi connectivity index (χ4v) is 2.69. The summed E-state index contributed by atoms with van der Waals surface area (Å²) in [5.74, 6) is 1.70. The maximum absolute atomic E-state index is 11.8. The molecule has 0 spiro atoms. The van der Waals surface area contributed by atoms with Gasteiger partial charge in [-0.2, -0.15) is 11.8 Å². The zero-order valence-electron chi connectivity index (χ0n) is 17.8. The van der Waals surface area contributed by atoms with Crippen LogP contribution >= 0.6 is 35.7 Å². The molecule has 0 aliphatic carbocycles. The average molecular weight is 522 g/mol. The molecule has 0 radical (unpaired) electrons. The number of guanidine groups is 1. The van der Waals surface area contributed by atoms with Gasteiger partial charge < -0.3 is 15.5 Å². The van der Waals surface area contributed by atoms with Gasteiger partial charge >= 0.3 is 0 Å². The van der Waals surface area contributed by atoms with Crippen molar-refractivity contribution in [3.05, 3.63) is 35.9 Å². The van der Waals surface area contributed by atoms with Crippen LogP contribution in [-0.2, 0) is 11.3 Å². The van der Waals surface area contributed by atoms with Crippen molar-refractivity contribution in [3.63, 3.8) is 0 Å². The number of rotatable bonds is 11. The lowest BCUT2D eigenvalue weighted by Gasteiger charge is -2.25. The highest BCUT2D eigenvalue weighted by atomic mass is 127. The van der Waals surface area contributed by atoms with Crippen molar-refractivity contribution in [2.45, 2.75) is 25.9 Å². The molecule has 1 rings (SSSR count). The predicted octanol–water partition coefficient (Wildman–Crippen LogP) is 2.50. The van der Waals surface area contributed by atoms with Crippen molar-refractivity contribution >= 4 is 47.6 Å². The number of benzene rings is 1. The summed E-state index contributed by atoms with van der Waals surface area (Å²) in [7, 11) is 5.64. The van der Waals surface area contributed by atoms with Crippen LogP contribution in [0.3, 0.4) is 0 Å². The summed E-state index contributed by atoms with van der Waals surface area (Å²) in [6.07, 6.45) is 3.07. The second kappa shape index (κ2) is 15.9. The lowest BCUT2D eigenvalue weighted by Crippen LogP contribution is -2.41. The highest BCUT2D eigenvalue weighted by Crippen LogP contribution is 2.07. The van der Waals surface area contributed by atoms with Crippen molar-refractivity contribution in [1.29, 1.82) is 0 Å². The zero-order chi connectivity index (χ0) is 20.1. The van der Waals surface area contributed by atoms with Crippen LogP contribution in [0.1, 0.15) is 18.9 Å². The Hall–Kier alpha value is -1.000. The van der Waals surface area contributed by atoms with Gasteiger partial charge in [-0.15, -0.1) is 24.0 Å². The fourth-order valence-electron chi connectivity index (χ4n) is 2.38. The van der Waals surface area contributed by atoms with Crippen LogP contribution in [0.15, 0.2) is 35.3 Å². The van der Waals surface area contributed by atoms with Gasteiger partial charge in [0.15, 0.2) is 5.96 Å². The van der Waals surface area contributed by atoms with E-state index in [0.29, 0.717) is 12.0 Å². The average Bonchev–Trinajstić information content (AvgIpc) is 2.66. The summed E-state index contributed by atoms with van der Waals surface area (Å²) in [5.41, 5.74) is 1.32. The molecule has 1 amide bonds. The van der Waals surface area contributed by atoms with Crippen molar-refractivity contribution in [2.75, 3.05) is 52.8 Å². The largest absolute Gasteiger partial charge is 0.356 e. The minimum atomic E-state index is -0.00284. The molecular weight excluding hydrogens is 485 g/mol. The molecule has 0 aliphatic rings. The number of likely N-dealkylation sites (N-methyl/N-ethyl adjacent to an activating group) is 1. The Morgan fingerprint density at radius 3 is 2.39 bits per heavy atom. The molecule has 0 aromatic heterocycles. The molecule has 2 N–H and O–H groups in total. The van der Waals surface area contributed by atoms with E-state index in [-0.39, 0.29) is 36.4 Å². The van der Waals surface area contributed by atoms with Gasteiger partial charge in [-0.3, -0.25) is 9.69 Å². The first kappa shape index (κ1) is 27.0. The summed E-state index contributed by atoms with van der Waals surface area (Å²) in [6.45, 7) is 4.96. The highest BCUT2D eigenvalue weighted by Gasteiger charge is 2.10. The molecule has 1 aromatic rings. The number of carbonyl (C=O) groups excluding carboxylic acids is 1. The molecule has 1 atom stereocenters. The van der Waals surface area contributed by atoms with E-state index in [0.717, 1.165) is 31.8 Å². The minimum Gasteiger partial charge on any atom is -0.356 e. The molecule has 0 heterocycles. The maximum Gasteiger partial charge on any atom is 0.243 e. The standard InChI is InChI=1S/C20H35N5OS.HI/c1-17(25(4)16-18-9-7-6-8-10-18)11-12-21-20(22-13-14-27-5)23-15-19(26)24(2)3;/h6-10,17H,11-16H2,1-5H3,(H2,21,22,23);1H. The van der Waals surface area contributed by atoms with Gasteiger partial charge in [0.25, 0.3) is 0 Å². The smallest absolute Gasteiger partial charge is 0.243 e. The van der Waals surface area contributed by atoms with Gasteiger partial charge in [-0.1, -0.05) is 30.3 Å². The van der Waals surface area contributed by atoms with Crippen molar-refractivity contribution in [3.8, 4) is 0 Å². The van der Waals surface area contributed by atoms with E-state index in [9.17, 15) is 4.79 Å². The number of thioether (sulfide) groups is 1. The molecule has 0 fully saturated rings. The van der Waals surface area contributed by atoms with Crippen LogP contribution in [0, 0.1) is 0 Å². The Morgan fingerprint density at radius 1 is 1.14 bits per heavy atom. The van der Waals surface area contributed by atoms with E-state index in [2.05, 4.69) is 65.0 Å². The van der Waals surface area contributed by atoms with Gasteiger partial charge in [0, 0.05) is 45.5 Å². The number of carbonyl (C=O) groups is 1. The third-order valence-corrected chi connectivity index (χ3v) is 4.96. The quantitative estimate of drug-likeness (QED) is 0.203. The molecule has 0 saturated heterocycles. The van der Waals surface area contributed by atoms with Crippen LogP contribution in [0.2, 0.25) is 0 Å². The predicted molar refractivity (Wildman–Crippen MR) is 133 cm³/mol. The lowest BCUT2D eigenvalue weighted by atomic mass is 10.1. The van der Waals surface area contributed by atoms with Crippen LogP contribution in [0.4, 0.5) is 0 Å². The van der Waals surface area contributed by atoms with Gasteiger partial charge in [-0.05, 0) is 32.2 Å². The Labute approximate surface area is 191 Å². The first-order chi connectivity index (χ1) is 12.9. The van der Waals surface area contributed by atoms with Crippen LogP contribution < -0.4 is 10.6 Å². The normalized spacial score (nSPS) is 12.3. The maximum atomic E-state index is 11.8. The summed E-state index contributed by atoms with van der Waals surface area (Å²) < 4.78 is 0. The molecule has 0 aliphatic heterocycles. The second-order valence-electron chi connectivity index (χ2n) is 6.84. The Kier molecular flexibility index (Phi) is 15.3. The van der Waals surface area contributed by atoms with Crippen LogP contribution in [-0.4, -0.2) is 80.5 Å². The molecule has 28 heavy (non-hydrogen) atoms. The van der Waals surface area contributed by atoms with Crippen molar-refractivity contribution in [2.24, 2.45) is 4.99 Å². The summed E-state index contributed by atoms with van der Waals surface area (Å²) in [5, 5.41) is 6.65. The molecular formula is C20H36IN5OS. The molecule has 8 heteroatoms. The Morgan fingerprint density at radius 2 is 1.79 bits per heavy atom. The molecule has 0 saturated carbocycles. The first-order valence-electron chi connectivity index (χ1n) is 9.39. The lowest BCUT2D eigenvalue weighted by molar-refractivity contribution is -0.127. The molecule has 1 aromatic carbocycles.